The van der Waals surface area contributed by atoms with Crippen LogP contribution in [0.3, 0.4) is 0 Å². The third kappa shape index (κ3) is 2.07. The molecule has 0 radical (unpaired) electrons. The lowest BCUT2D eigenvalue weighted by molar-refractivity contribution is 0.407. The van der Waals surface area contributed by atoms with E-state index in [1.807, 2.05) is 0 Å². The lowest BCUT2D eigenvalue weighted by Crippen LogP contribution is -1.94. The summed E-state index contributed by atoms with van der Waals surface area (Å²) in [4.78, 5) is 0. The first-order valence-electron chi connectivity index (χ1n) is 5.15. The molecule has 94 valence electrons. The Morgan fingerprint density at radius 3 is 2.22 bits per heavy atom. The van der Waals surface area contributed by atoms with Gasteiger partial charge in [0, 0.05) is 12.1 Å². The van der Waals surface area contributed by atoms with E-state index in [0.29, 0.717) is 0 Å². The SMILES string of the molecule is COc1cc(F)c(-c2ccc(N)c(O)c2)c(F)c1. The second-order valence-electron chi connectivity index (χ2n) is 3.74. The van der Waals surface area contributed by atoms with Crippen LogP contribution in [-0.4, -0.2) is 12.2 Å². The number of ether oxygens (including phenoxy) is 1. The lowest BCUT2D eigenvalue weighted by atomic mass is 10.0. The molecular formula is C13H11F2NO2. The van der Waals surface area contributed by atoms with E-state index >= 15 is 0 Å². The molecule has 0 bridgehead atoms. The summed E-state index contributed by atoms with van der Waals surface area (Å²) in [5, 5.41) is 9.45. The number of methoxy groups -OCH3 is 1. The highest BCUT2D eigenvalue weighted by Crippen LogP contribution is 2.33. The van der Waals surface area contributed by atoms with Crippen molar-refractivity contribution >= 4 is 5.69 Å². The molecule has 3 N–H and O–H groups in total. The van der Waals surface area contributed by atoms with Gasteiger partial charge in [-0.2, -0.15) is 0 Å². The van der Waals surface area contributed by atoms with Gasteiger partial charge in [0.15, 0.2) is 0 Å². The molecule has 0 heterocycles. The molecule has 0 atom stereocenters. The quantitative estimate of drug-likeness (QED) is 0.637. The Labute approximate surface area is 102 Å². The van der Waals surface area contributed by atoms with Crippen molar-refractivity contribution in [2.45, 2.75) is 0 Å². The predicted octanol–water partition coefficient (Wildman–Crippen LogP) is 2.93. The summed E-state index contributed by atoms with van der Waals surface area (Å²) in [5.41, 5.74) is 5.55. The van der Waals surface area contributed by atoms with Crippen LogP contribution in [0.25, 0.3) is 11.1 Å². The summed E-state index contributed by atoms with van der Waals surface area (Å²) in [7, 11) is 1.32. The third-order valence-electron chi connectivity index (χ3n) is 2.57. The van der Waals surface area contributed by atoms with Crippen molar-refractivity contribution in [2.75, 3.05) is 12.8 Å². The minimum atomic E-state index is -0.768. The zero-order valence-electron chi connectivity index (χ0n) is 9.58. The van der Waals surface area contributed by atoms with Crippen LogP contribution < -0.4 is 10.5 Å². The summed E-state index contributed by atoms with van der Waals surface area (Å²) in [6, 6.07) is 6.18. The molecule has 0 amide bonds. The van der Waals surface area contributed by atoms with Crippen molar-refractivity contribution in [2.24, 2.45) is 0 Å². The van der Waals surface area contributed by atoms with Crippen molar-refractivity contribution < 1.29 is 18.6 Å². The minimum Gasteiger partial charge on any atom is -0.506 e. The molecule has 2 aromatic carbocycles. The van der Waals surface area contributed by atoms with E-state index in [9.17, 15) is 13.9 Å². The van der Waals surface area contributed by atoms with Crippen molar-refractivity contribution in [3.05, 3.63) is 42.0 Å². The first-order valence-corrected chi connectivity index (χ1v) is 5.15. The second kappa shape index (κ2) is 4.52. The average Bonchev–Trinajstić information content (AvgIpc) is 2.32. The largest absolute Gasteiger partial charge is 0.506 e. The van der Waals surface area contributed by atoms with Gasteiger partial charge >= 0.3 is 0 Å². The Balaban J connectivity index is 2.60. The summed E-state index contributed by atoms with van der Waals surface area (Å²) in [5.74, 6) is -1.66. The Morgan fingerprint density at radius 2 is 1.72 bits per heavy atom. The number of hydrogen-bond donors (Lipinski definition) is 2. The maximum absolute atomic E-state index is 13.8. The fraction of sp³-hybridized carbons (Fsp3) is 0.0769. The molecular weight excluding hydrogens is 240 g/mol. The number of benzene rings is 2. The standard InChI is InChI=1S/C13H11F2NO2/c1-18-8-5-9(14)13(10(15)6-8)7-2-3-11(16)12(17)4-7/h2-6,17H,16H2,1H3. The molecule has 2 rings (SSSR count). The topological polar surface area (TPSA) is 55.5 Å². The van der Waals surface area contributed by atoms with Gasteiger partial charge in [0.25, 0.3) is 0 Å². The van der Waals surface area contributed by atoms with E-state index in [4.69, 9.17) is 10.5 Å². The van der Waals surface area contributed by atoms with Crippen molar-refractivity contribution in [3.63, 3.8) is 0 Å². The van der Waals surface area contributed by atoms with E-state index in [-0.39, 0.29) is 28.3 Å². The van der Waals surface area contributed by atoms with Crippen LogP contribution in [0.15, 0.2) is 30.3 Å². The number of rotatable bonds is 2. The van der Waals surface area contributed by atoms with Crippen molar-refractivity contribution in [1.82, 2.24) is 0 Å². The van der Waals surface area contributed by atoms with Gasteiger partial charge < -0.3 is 15.6 Å². The highest BCUT2D eigenvalue weighted by molar-refractivity contribution is 5.71. The van der Waals surface area contributed by atoms with E-state index in [1.54, 1.807) is 0 Å². The van der Waals surface area contributed by atoms with Gasteiger partial charge in [-0.05, 0) is 17.7 Å². The van der Waals surface area contributed by atoms with Crippen molar-refractivity contribution in [1.29, 1.82) is 0 Å². The Kier molecular flexibility index (Phi) is 3.06. The first kappa shape index (κ1) is 12.2. The first-order chi connectivity index (χ1) is 8.52. The summed E-state index contributed by atoms with van der Waals surface area (Å²) in [6.45, 7) is 0. The maximum atomic E-state index is 13.8. The molecule has 0 aliphatic heterocycles. The molecule has 0 aliphatic rings. The van der Waals surface area contributed by atoms with Crippen LogP contribution in [0.5, 0.6) is 11.5 Å². The van der Waals surface area contributed by atoms with Gasteiger partial charge in [0.05, 0.1) is 18.4 Å². The van der Waals surface area contributed by atoms with Gasteiger partial charge in [-0.3, -0.25) is 0 Å². The van der Waals surface area contributed by atoms with Crippen LogP contribution in [-0.2, 0) is 0 Å². The summed E-state index contributed by atoms with van der Waals surface area (Å²) in [6.07, 6.45) is 0. The smallest absolute Gasteiger partial charge is 0.139 e. The Morgan fingerprint density at radius 1 is 1.11 bits per heavy atom. The lowest BCUT2D eigenvalue weighted by Gasteiger charge is -2.09. The van der Waals surface area contributed by atoms with E-state index < -0.39 is 11.6 Å². The molecule has 18 heavy (non-hydrogen) atoms. The highest BCUT2D eigenvalue weighted by Gasteiger charge is 2.14. The minimum absolute atomic E-state index is 0.0911. The molecule has 5 heteroatoms. The normalized spacial score (nSPS) is 10.4. The molecule has 0 aromatic heterocycles. The molecule has 0 unspecified atom stereocenters. The zero-order valence-corrected chi connectivity index (χ0v) is 9.58. The molecule has 2 aromatic rings. The van der Waals surface area contributed by atoms with E-state index in [2.05, 4.69) is 0 Å². The third-order valence-corrected chi connectivity index (χ3v) is 2.57. The average molecular weight is 251 g/mol. The monoisotopic (exact) mass is 251 g/mol. The number of halogens is 2. The fourth-order valence-corrected chi connectivity index (χ4v) is 1.64. The number of nitrogen functional groups attached to an aromatic ring is 1. The van der Waals surface area contributed by atoms with Gasteiger partial charge in [0.1, 0.15) is 23.1 Å². The second-order valence-corrected chi connectivity index (χ2v) is 3.74. The summed E-state index contributed by atoms with van der Waals surface area (Å²) < 4.78 is 32.3. The number of hydrogen-bond acceptors (Lipinski definition) is 3. The van der Waals surface area contributed by atoms with Crippen LogP contribution in [0.1, 0.15) is 0 Å². The summed E-state index contributed by atoms with van der Waals surface area (Å²) >= 11 is 0. The molecule has 0 aliphatic carbocycles. The zero-order chi connectivity index (χ0) is 13.3. The molecule has 0 saturated carbocycles. The Bertz CT molecular complexity index is 577. The molecule has 0 fully saturated rings. The maximum Gasteiger partial charge on any atom is 0.139 e. The van der Waals surface area contributed by atoms with Crippen LogP contribution >= 0.6 is 0 Å². The number of aromatic hydroxyl groups is 1. The van der Waals surface area contributed by atoms with Gasteiger partial charge in [-0.1, -0.05) is 6.07 Å². The van der Waals surface area contributed by atoms with Crippen LogP contribution in [0, 0.1) is 11.6 Å². The number of nitrogens with two attached hydrogens (primary N) is 1. The predicted molar refractivity (Wildman–Crippen MR) is 64.4 cm³/mol. The van der Waals surface area contributed by atoms with E-state index in [1.165, 1.54) is 25.3 Å². The van der Waals surface area contributed by atoms with E-state index in [0.717, 1.165) is 12.1 Å². The van der Waals surface area contributed by atoms with Crippen LogP contribution in [0.4, 0.5) is 14.5 Å². The van der Waals surface area contributed by atoms with Gasteiger partial charge in [-0.15, -0.1) is 0 Å². The molecule has 0 spiro atoms. The van der Waals surface area contributed by atoms with Crippen molar-refractivity contribution in [3.8, 4) is 22.6 Å². The highest BCUT2D eigenvalue weighted by atomic mass is 19.1. The fourth-order valence-electron chi connectivity index (χ4n) is 1.64. The molecule has 0 saturated heterocycles. The Hall–Kier alpha value is -2.30. The van der Waals surface area contributed by atoms with Gasteiger partial charge in [-0.25, -0.2) is 8.78 Å². The molecule has 3 nitrogen and oxygen atoms in total. The number of phenolic OH excluding ortho intramolecular Hbond substituents is 1. The number of anilines is 1. The number of phenols is 1. The van der Waals surface area contributed by atoms with Gasteiger partial charge in [0.2, 0.25) is 0 Å². The van der Waals surface area contributed by atoms with Crippen LogP contribution in [0.2, 0.25) is 0 Å².